The lowest BCUT2D eigenvalue weighted by molar-refractivity contribution is -0.138. The van der Waals surface area contributed by atoms with Crippen LogP contribution in [0.2, 0.25) is 0 Å². The molecular formula is C20H20O14. The quantitative estimate of drug-likeness (QED) is 0.113. The first kappa shape index (κ1) is 26.0. The van der Waals surface area contributed by atoms with E-state index in [0.29, 0.717) is 12.1 Å². The molecule has 0 unspecified atom stereocenters. The molecule has 0 amide bonds. The normalized spacial score (nSPS) is 14.4. The summed E-state index contributed by atoms with van der Waals surface area (Å²) in [4.78, 5) is 35.3. The number of carbonyl (C=O) groups is 3. The van der Waals surface area contributed by atoms with Crippen molar-refractivity contribution in [1.82, 2.24) is 0 Å². The van der Waals surface area contributed by atoms with Gasteiger partial charge in [0, 0.05) is 0 Å². The van der Waals surface area contributed by atoms with Crippen molar-refractivity contribution in [1.29, 1.82) is 0 Å². The molecule has 14 nitrogen and oxygen atoms in total. The summed E-state index contributed by atoms with van der Waals surface area (Å²) in [6, 6.07) is 2.87. The number of aromatic hydroxyl groups is 6. The molecule has 0 fully saturated rings. The Bertz CT molecular complexity index is 1030. The summed E-state index contributed by atoms with van der Waals surface area (Å²) in [7, 11) is 0. The molecule has 0 aromatic heterocycles. The second kappa shape index (κ2) is 10.6. The summed E-state index contributed by atoms with van der Waals surface area (Å²) in [6.45, 7) is -0.960. The molecule has 0 spiro atoms. The van der Waals surface area contributed by atoms with Crippen LogP contribution in [0.5, 0.6) is 34.5 Å². The molecular weight excluding hydrogens is 464 g/mol. The van der Waals surface area contributed by atoms with Gasteiger partial charge >= 0.3 is 11.9 Å². The average Bonchev–Trinajstić information content (AvgIpc) is 2.80. The standard InChI is InChI=1S/C20H20O14/c21-5-14(34-20(32)8-3-11(24)16(28)12(25)4-8)18(30)17(29)13(26)6-33-19(31)7-1-9(22)15(27)10(23)2-7/h1-5,13-14,17-18,22-30H,6H2/t13-,14+,17-,18-/m0/s1. The first-order valence-electron chi connectivity index (χ1n) is 9.24. The number of esters is 2. The van der Waals surface area contributed by atoms with E-state index in [2.05, 4.69) is 9.47 Å². The number of ether oxygens (including phenoxy) is 2. The largest absolute Gasteiger partial charge is 0.504 e. The molecule has 0 saturated carbocycles. The van der Waals surface area contributed by atoms with E-state index in [1.165, 1.54) is 0 Å². The molecule has 0 aliphatic heterocycles. The number of phenolic OH excluding ortho intramolecular Hbond substituents is 6. The molecule has 9 N–H and O–H groups in total. The van der Waals surface area contributed by atoms with E-state index in [1.807, 2.05) is 0 Å². The molecule has 34 heavy (non-hydrogen) atoms. The van der Waals surface area contributed by atoms with Crippen LogP contribution in [0.15, 0.2) is 24.3 Å². The van der Waals surface area contributed by atoms with Gasteiger partial charge in [0.05, 0.1) is 11.1 Å². The molecule has 4 atom stereocenters. The highest BCUT2D eigenvalue weighted by molar-refractivity contribution is 5.92. The molecule has 0 aliphatic rings. The predicted octanol–water partition coefficient (Wildman–Crippen LogP) is -1.42. The molecule has 14 heteroatoms. The van der Waals surface area contributed by atoms with E-state index in [9.17, 15) is 60.3 Å². The zero-order chi connectivity index (χ0) is 25.7. The van der Waals surface area contributed by atoms with Gasteiger partial charge < -0.3 is 55.4 Å². The monoisotopic (exact) mass is 484 g/mol. The van der Waals surface area contributed by atoms with E-state index in [1.54, 1.807) is 0 Å². The molecule has 0 bridgehead atoms. The van der Waals surface area contributed by atoms with Crippen molar-refractivity contribution in [2.45, 2.75) is 24.4 Å². The van der Waals surface area contributed by atoms with E-state index in [0.717, 1.165) is 12.1 Å². The van der Waals surface area contributed by atoms with Crippen molar-refractivity contribution in [3.63, 3.8) is 0 Å². The third-order valence-electron chi connectivity index (χ3n) is 4.45. The van der Waals surface area contributed by atoms with Crippen LogP contribution in [0, 0.1) is 0 Å². The Morgan fingerprint density at radius 1 is 0.735 bits per heavy atom. The fraction of sp³-hybridized carbons (Fsp3) is 0.250. The minimum atomic E-state index is -2.23. The van der Waals surface area contributed by atoms with Gasteiger partial charge in [0.25, 0.3) is 0 Å². The van der Waals surface area contributed by atoms with Gasteiger partial charge in [0.1, 0.15) is 24.9 Å². The minimum Gasteiger partial charge on any atom is -0.504 e. The first-order chi connectivity index (χ1) is 15.9. The zero-order valence-electron chi connectivity index (χ0n) is 17.0. The fourth-order valence-corrected chi connectivity index (χ4v) is 2.58. The van der Waals surface area contributed by atoms with Crippen LogP contribution in [0.25, 0.3) is 0 Å². The van der Waals surface area contributed by atoms with Crippen molar-refractivity contribution >= 4 is 18.2 Å². The van der Waals surface area contributed by atoms with Crippen LogP contribution in [0.4, 0.5) is 0 Å². The highest BCUT2D eigenvalue weighted by Gasteiger charge is 2.35. The van der Waals surface area contributed by atoms with Crippen molar-refractivity contribution in [3.05, 3.63) is 35.4 Å². The van der Waals surface area contributed by atoms with E-state index in [-0.39, 0.29) is 6.29 Å². The predicted molar refractivity (Wildman–Crippen MR) is 106 cm³/mol. The summed E-state index contributed by atoms with van der Waals surface area (Å²) in [5.74, 6) is -7.83. The molecule has 2 rings (SSSR count). The Labute approximate surface area is 189 Å². The van der Waals surface area contributed by atoms with Gasteiger partial charge in [0.2, 0.25) is 0 Å². The molecule has 0 heterocycles. The van der Waals surface area contributed by atoms with Crippen molar-refractivity contribution in [2.24, 2.45) is 0 Å². The Morgan fingerprint density at radius 2 is 1.15 bits per heavy atom. The summed E-state index contributed by atoms with van der Waals surface area (Å²) >= 11 is 0. The molecule has 184 valence electrons. The van der Waals surface area contributed by atoms with Gasteiger partial charge in [-0.15, -0.1) is 0 Å². The van der Waals surface area contributed by atoms with Gasteiger partial charge in [-0.1, -0.05) is 0 Å². The molecule has 0 radical (unpaired) electrons. The first-order valence-corrected chi connectivity index (χ1v) is 9.24. The van der Waals surface area contributed by atoms with Crippen LogP contribution >= 0.6 is 0 Å². The zero-order valence-corrected chi connectivity index (χ0v) is 17.0. The Balaban J connectivity index is 2.01. The SMILES string of the molecule is O=C[C@@H](OC(=O)c1cc(O)c(O)c(O)c1)[C@H](O)[C@@H](O)[C@@H](O)COC(=O)c1cc(O)c(O)c(O)c1. The Morgan fingerprint density at radius 3 is 1.56 bits per heavy atom. The number of aliphatic hydroxyl groups is 3. The number of phenols is 6. The van der Waals surface area contributed by atoms with E-state index >= 15 is 0 Å². The molecule has 0 aliphatic carbocycles. The van der Waals surface area contributed by atoms with E-state index < -0.39 is 88.6 Å². The van der Waals surface area contributed by atoms with Gasteiger partial charge in [-0.05, 0) is 24.3 Å². The number of benzene rings is 2. The number of hydrogen-bond donors (Lipinski definition) is 9. The summed E-state index contributed by atoms with van der Waals surface area (Å²) in [5.41, 5.74) is -0.966. The van der Waals surface area contributed by atoms with Gasteiger partial charge in [-0.25, -0.2) is 9.59 Å². The van der Waals surface area contributed by atoms with Crippen molar-refractivity contribution in [3.8, 4) is 34.5 Å². The molecule has 0 saturated heterocycles. The number of hydrogen-bond acceptors (Lipinski definition) is 14. The topological polar surface area (TPSA) is 252 Å². The van der Waals surface area contributed by atoms with Crippen molar-refractivity contribution in [2.75, 3.05) is 6.61 Å². The fourth-order valence-electron chi connectivity index (χ4n) is 2.58. The summed E-state index contributed by atoms with van der Waals surface area (Å²) in [5, 5.41) is 86.3. The van der Waals surface area contributed by atoms with Gasteiger partial charge in [0.15, 0.2) is 46.9 Å². The van der Waals surface area contributed by atoms with Gasteiger partial charge in [-0.2, -0.15) is 0 Å². The Hall–Kier alpha value is -4.27. The maximum atomic E-state index is 12.1. The molecule has 2 aromatic rings. The maximum Gasteiger partial charge on any atom is 0.339 e. The number of aliphatic hydroxyl groups excluding tert-OH is 3. The highest BCUT2D eigenvalue weighted by Crippen LogP contribution is 2.36. The highest BCUT2D eigenvalue weighted by atomic mass is 16.6. The molecule has 2 aromatic carbocycles. The number of aldehydes is 1. The maximum absolute atomic E-state index is 12.1. The number of rotatable bonds is 9. The van der Waals surface area contributed by atoms with Crippen LogP contribution in [-0.2, 0) is 14.3 Å². The lowest BCUT2D eigenvalue weighted by Gasteiger charge is -2.26. The van der Waals surface area contributed by atoms with Crippen LogP contribution < -0.4 is 0 Å². The van der Waals surface area contributed by atoms with E-state index in [4.69, 9.17) is 0 Å². The second-order valence-corrected chi connectivity index (χ2v) is 6.88. The average molecular weight is 484 g/mol. The lowest BCUT2D eigenvalue weighted by Crippen LogP contribution is -2.48. The minimum absolute atomic E-state index is 0.0906. The van der Waals surface area contributed by atoms with Gasteiger partial charge in [-0.3, -0.25) is 4.79 Å². The van der Waals surface area contributed by atoms with Crippen LogP contribution in [0.1, 0.15) is 20.7 Å². The summed E-state index contributed by atoms with van der Waals surface area (Å²) in [6.07, 6.45) is -8.58. The third-order valence-corrected chi connectivity index (χ3v) is 4.45. The lowest BCUT2D eigenvalue weighted by atomic mass is 10.0. The number of carbonyl (C=O) groups excluding carboxylic acids is 3. The summed E-state index contributed by atoms with van der Waals surface area (Å²) < 4.78 is 9.36. The smallest absolute Gasteiger partial charge is 0.339 e. The Kier molecular flexibility index (Phi) is 8.07. The van der Waals surface area contributed by atoms with Crippen molar-refractivity contribution < 1.29 is 69.8 Å². The van der Waals surface area contributed by atoms with Crippen LogP contribution in [-0.4, -0.2) is 95.2 Å². The second-order valence-electron chi connectivity index (χ2n) is 6.88. The van der Waals surface area contributed by atoms with Crippen LogP contribution in [0.3, 0.4) is 0 Å². The third kappa shape index (κ3) is 5.74.